The first-order valence-corrected chi connectivity index (χ1v) is 8.72. The van der Waals surface area contributed by atoms with Crippen molar-refractivity contribution in [3.05, 3.63) is 58.1 Å². The van der Waals surface area contributed by atoms with Gasteiger partial charge in [0.2, 0.25) is 0 Å². The third-order valence-electron chi connectivity index (χ3n) is 4.05. The van der Waals surface area contributed by atoms with Gasteiger partial charge in [-0.2, -0.15) is 0 Å². The van der Waals surface area contributed by atoms with Crippen molar-refractivity contribution in [2.75, 3.05) is 20.3 Å². The van der Waals surface area contributed by atoms with E-state index in [4.69, 9.17) is 26.8 Å². The van der Waals surface area contributed by atoms with Crippen LogP contribution in [0.2, 0.25) is 5.02 Å². The van der Waals surface area contributed by atoms with E-state index in [-0.39, 0.29) is 5.92 Å². The second-order valence-electron chi connectivity index (χ2n) is 6.00. The Kier molecular flexibility index (Phi) is 6.95. The summed E-state index contributed by atoms with van der Waals surface area (Å²) in [7, 11) is 1.69. The third kappa shape index (κ3) is 4.65. The number of methoxy groups -OCH3 is 1. The van der Waals surface area contributed by atoms with Gasteiger partial charge in [0.05, 0.1) is 18.7 Å². The average Bonchev–Trinajstić information content (AvgIpc) is 2.59. The topological polar surface area (TPSA) is 44.5 Å². The molecular weight excluding hydrogens is 322 g/mol. The van der Waals surface area contributed by atoms with E-state index < -0.39 is 0 Å². The largest absolute Gasteiger partial charge is 0.496 e. The summed E-state index contributed by atoms with van der Waals surface area (Å²) in [4.78, 5) is 0. The number of hydrogen-bond acceptors (Lipinski definition) is 3. The Morgan fingerprint density at radius 2 is 1.88 bits per heavy atom. The number of ether oxygens (including phenoxy) is 2. The minimum absolute atomic E-state index is 0.179. The first-order valence-electron chi connectivity index (χ1n) is 8.34. The molecule has 3 nitrogen and oxygen atoms in total. The maximum absolute atomic E-state index is 6.34. The fourth-order valence-corrected chi connectivity index (χ4v) is 3.04. The van der Waals surface area contributed by atoms with E-state index in [1.165, 1.54) is 5.56 Å². The Hall–Kier alpha value is -1.71. The summed E-state index contributed by atoms with van der Waals surface area (Å²) in [5.41, 5.74) is 9.53. The van der Waals surface area contributed by atoms with Gasteiger partial charge in [0.15, 0.2) is 0 Å². The van der Waals surface area contributed by atoms with Crippen LogP contribution in [0.25, 0.3) is 0 Å². The molecule has 0 fully saturated rings. The second-order valence-corrected chi connectivity index (χ2v) is 6.40. The van der Waals surface area contributed by atoms with Crippen molar-refractivity contribution < 1.29 is 9.47 Å². The van der Waals surface area contributed by atoms with Gasteiger partial charge in [-0.05, 0) is 55.6 Å². The molecule has 0 heterocycles. The fourth-order valence-electron chi connectivity index (χ4n) is 2.78. The summed E-state index contributed by atoms with van der Waals surface area (Å²) in [6.45, 7) is 5.37. The van der Waals surface area contributed by atoms with E-state index in [9.17, 15) is 0 Å². The van der Waals surface area contributed by atoms with Crippen LogP contribution in [0.3, 0.4) is 0 Å². The quantitative estimate of drug-likeness (QED) is 0.750. The van der Waals surface area contributed by atoms with Crippen LogP contribution in [0.4, 0.5) is 0 Å². The minimum Gasteiger partial charge on any atom is -0.496 e. The normalized spacial score (nSPS) is 12.0. The standard InChI is InChI=1S/C20H26ClNO2/c1-4-9-24-20-8-6-15(12-18(20)21)11-16(13-22)17-10-14(2)5-7-19(17)23-3/h5-8,10,12,16H,4,9,11,13,22H2,1-3H3. The van der Waals surface area contributed by atoms with E-state index in [0.717, 1.165) is 35.5 Å². The molecule has 0 aliphatic rings. The zero-order valence-electron chi connectivity index (χ0n) is 14.6. The fraction of sp³-hybridized carbons (Fsp3) is 0.400. The van der Waals surface area contributed by atoms with Crippen LogP contribution in [0, 0.1) is 6.92 Å². The highest BCUT2D eigenvalue weighted by Gasteiger charge is 2.16. The molecular formula is C20H26ClNO2. The van der Waals surface area contributed by atoms with Gasteiger partial charge in [-0.25, -0.2) is 0 Å². The Morgan fingerprint density at radius 1 is 1.12 bits per heavy atom. The Bertz CT molecular complexity index is 673. The molecule has 0 radical (unpaired) electrons. The summed E-state index contributed by atoms with van der Waals surface area (Å²) in [6.07, 6.45) is 1.77. The highest BCUT2D eigenvalue weighted by Crippen LogP contribution is 2.32. The lowest BCUT2D eigenvalue weighted by Crippen LogP contribution is -2.16. The molecule has 4 heteroatoms. The molecule has 0 spiro atoms. The minimum atomic E-state index is 0.179. The van der Waals surface area contributed by atoms with E-state index in [0.29, 0.717) is 18.2 Å². The monoisotopic (exact) mass is 347 g/mol. The lowest BCUT2D eigenvalue weighted by atomic mass is 9.90. The second kappa shape index (κ2) is 8.95. The molecule has 130 valence electrons. The molecule has 2 rings (SSSR count). The molecule has 1 unspecified atom stereocenters. The van der Waals surface area contributed by atoms with Crippen LogP contribution in [-0.2, 0) is 6.42 Å². The summed E-state index contributed by atoms with van der Waals surface area (Å²) in [5.74, 6) is 1.79. The van der Waals surface area contributed by atoms with Crippen molar-refractivity contribution >= 4 is 11.6 Å². The predicted octanol–water partition coefficient (Wildman–Crippen LogP) is 4.73. The van der Waals surface area contributed by atoms with Gasteiger partial charge in [-0.1, -0.05) is 42.3 Å². The molecule has 2 N–H and O–H groups in total. The number of rotatable bonds is 8. The van der Waals surface area contributed by atoms with Crippen molar-refractivity contribution in [2.45, 2.75) is 32.6 Å². The molecule has 2 aromatic carbocycles. The van der Waals surface area contributed by atoms with Gasteiger partial charge in [0, 0.05) is 5.92 Å². The average molecular weight is 348 g/mol. The van der Waals surface area contributed by atoms with Crippen LogP contribution >= 0.6 is 11.6 Å². The molecule has 2 aromatic rings. The summed E-state index contributed by atoms with van der Waals surface area (Å²) in [5, 5.41) is 0.646. The van der Waals surface area contributed by atoms with Crippen molar-refractivity contribution in [1.29, 1.82) is 0 Å². The maximum atomic E-state index is 6.34. The Morgan fingerprint density at radius 3 is 2.50 bits per heavy atom. The maximum Gasteiger partial charge on any atom is 0.137 e. The molecule has 0 amide bonds. The zero-order valence-corrected chi connectivity index (χ0v) is 15.4. The smallest absolute Gasteiger partial charge is 0.137 e. The van der Waals surface area contributed by atoms with Crippen LogP contribution in [0.5, 0.6) is 11.5 Å². The van der Waals surface area contributed by atoms with E-state index in [1.807, 2.05) is 24.3 Å². The lowest BCUT2D eigenvalue weighted by Gasteiger charge is -2.19. The number of aryl methyl sites for hydroxylation is 1. The molecule has 0 saturated carbocycles. The molecule has 0 bridgehead atoms. The Labute approximate surface area is 149 Å². The van der Waals surface area contributed by atoms with Crippen LogP contribution < -0.4 is 15.2 Å². The van der Waals surface area contributed by atoms with Gasteiger partial charge in [-0.3, -0.25) is 0 Å². The van der Waals surface area contributed by atoms with E-state index >= 15 is 0 Å². The highest BCUT2D eigenvalue weighted by molar-refractivity contribution is 6.32. The summed E-state index contributed by atoms with van der Waals surface area (Å²) < 4.78 is 11.1. The van der Waals surface area contributed by atoms with Gasteiger partial charge in [-0.15, -0.1) is 0 Å². The number of hydrogen-bond donors (Lipinski definition) is 1. The zero-order chi connectivity index (χ0) is 17.5. The molecule has 0 aliphatic carbocycles. The Balaban J connectivity index is 2.21. The predicted molar refractivity (Wildman–Crippen MR) is 100 cm³/mol. The SMILES string of the molecule is CCCOc1ccc(CC(CN)c2cc(C)ccc2OC)cc1Cl. The van der Waals surface area contributed by atoms with Gasteiger partial charge in [0.1, 0.15) is 11.5 Å². The summed E-state index contributed by atoms with van der Waals surface area (Å²) in [6, 6.07) is 12.2. The van der Waals surface area contributed by atoms with Gasteiger partial charge < -0.3 is 15.2 Å². The molecule has 24 heavy (non-hydrogen) atoms. The molecule has 0 aliphatic heterocycles. The number of nitrogens with two attached hydrogens (primary N) is 1. The van der Waals surface area contributed by atoms with Gasteiger partial charge >= 0.3 is 0 Å². The number of halogens is 1. The van der Waals surface area contributed by atoms with Gasteiger partial charge in [0.25, 0.3) is 0 Å². The van der Waals surface area contributed by atoms with E-state index in [1.54, 1.807) is 7.11 Å². The lowest BCUT2D eigenvalue weighted by molar-refractivity contribution is 0.317. The van der Waals surface area contributed by atoms with E-state index in [2.05, 4.69) is 26.0 Å². The van der Waals surface area contributed by atoms with Crippen LogP contribution in [0.15, 0.2) is 36.4 Å². The van der Waals surface area contributed by atoms with Crippen molar-refractivity contribution in [3.63, 3.8) is 0 Å². The molecule has 0 aromatic heterocycles. The molecule has 0 saturated heterocycles. The van der Waals surface area contributed by atoms with Crippen molar-refractivity contribution in [3.8, 4) is 11.5 Å². The molecule has 1 atom stereocenters. The van der Waals surface area contributed by atoms with Crippen molar-refractivity contribution in [2.24, 2.45) is 5.73 Å². The third-order valence-corrected chi connectivity index (χ3v) is 4.34. The first-order chi connectivity index (χ1) is 11.6. The van der Waals surface area contributed by atoms with Crippen LogP contribution in [-0.4, -0.2) is 20.3 Å². The summed E-state index contributed by atoms with van der Waals surface area (Å²) >= 11 is 6.34. The first kappa shape index (κ1) is 18.6. The van der Waals surface area contributed by atoms with Crippen molar-refractivity contribution in [1.82, 2.24) is 0 Å². The van der Waals surface area contributed by atoms with Crippen LogP contribution in [0.1, 0.15) is 36.0 Å². The highest BCUT2D eigenvalue weighted by atomic mass is 35.5. The number of benzene rings is 2.